The zero-order chi connectivity index (χ0) is 13.1. The minimum Gasteiger partial charge on any atom is -0.492 e. The highest BCUT2D eigenvalue weighted by Gasteiger charge is 2.12. The van der Waals surface area contributed by atoms with Crippen LogP contribution in [0.1, 0.15) is 37.6 Å². The van der Waals surface area contributed by atoms with Crippen molar-refractivity contribution < 1.29 is 14.6 Å². The first kappa shape index (κ1) is 14.0. The second kappa shape index (κ2) is 5.54. The van der Waals surface area contributed by atoms with Crippen LogP contribution in [0.2, 0.25) is 0 Å². The van der Waals surface area contributed by atoms with Crippen molar-refractivity contribution in [3.05, 3.63) is 28.2 Å². The molecule has 0 aliphatic heterocycles. The molecule has 1 N–H and O–H groups in total. The van der Waals surface area contributed by atoms with Crippen molar-refractivity contribution in [3.8, 4) is 5.75 Å². The third-order valence-corrected chi connectivity index (χ3v) is 2.94. The molecule has 0 heterocycles. The minimum absolute atomic E-state index is 0.205. The van der Waals surface area contributed by atoms with Crippen molar-refractivity contribution in [2.45, 2.75) is 27.2 Å². The van der Waals surface area contributed by atoms with Gasteiger partial charge in [0.2, 0.25) is 0 Å². The lowest BCUT2D eigenvalue weighted by atomic mass is 9.93. The molecule has 1 aromatic carbocycles. The summed E-state index contributed by atoms with van der Waals surface area (Å²) >= 11 is 3.34. The van der Waals surface area contributed by atoms with Crippen LogP contribution in [0.3, 0.4) is 0 Å². The van der Waals surface area contributed by atoms with Gasteiger partial charge in [-0.15, -0.1) is 0 Å². The maximum Gasteiger partial charge on any atom is 0.335 e. The Labute approximate surface area is 110 Å². The Morgan fingerprint density at radius 3 is 2.59 bits per heavy atom. The SMILES string of the molecule is CC(C)(C)CCOc1cc(C(=O)O)ccc1Br. The van der Waals surface area contributed by atoms with E-state index in [1.807, 2.05) is 0 Å². The van der Waals surface area contributed by atoms with Gasteiger partial charge in [-0.1, -0.05) is 20.8 Å². The molecule has 1 rings (SSSR count). The van der Waals surface area contributed by atoms with Gasteiger partial charge in [0, 0.05) is 0 Å². The maximum absolute atomic E-state index is 10.8. The van der Waals surface area contributed by atoms with E-state index in [4.69, 9.17) is 9.84 Å². The fourth-order valence-corrected chi connectivity index (χ4v) is 1.58. The van der Waals surface area contributed by atoms with E-state index in [9.17, 15) is 4.79 Å². The molecule has 0 aliphatic rings. The van der Waals surface area contributed by atoms with E-state index in [0.29, 0.717) is 12.4 Å². The molecule has 0 aliphatic carbocycles. The Balaban J connectivity index is 2.70. The van der Waals surface area contributed by atoms with Gasteiger partial charge >= 0.3 is 5.97 Å². The summed E-state index contributed by atoms with van der Waals surface area (Å²) in [4.78, 5) is 10.8. The molecule has 1 aromatic rings. The van der Waals surface area contributed by atoms with Crippen LogP contribution in [-0.2, 0) is 0 Å². The topological polar surface area (TPSA) is 46.5 Å². The summed E-state index contributed by atoms with van der Waals surface area (Å²) in [7, 11) is 0. The van der Waals surface area contributed by atoms with Crippen molar-refractivity contribution >= 4 is 21.9 Å². The standard InChI is InChI=1S/C13H17BrO3/c1-13(2,3)6-7-17-11-8-9(12(15)16)4-5-10(11)14/h4-5,8H,6-7H2,1-3H3,(H,15,16). The van der Waals surface area contributed by atoms with Crippen molar-refractivity contribution in [2.75, 3.05) is 6.61 Å². The molecular formula is C13H17BrO3. The molecule has 0 radical (unpaired) electrons. The number of ether oxygens (including phenoxy) is 1. The highest BCUT2D eigenvalue weighted by molar-refractivity contribution is 9.10. The number of hydrogen-bond donors (Lipinski definition) is 1. The second-order valence-corrected chi connectivity index (χ2v) is 5.96. The van der Waals surface area contributed by atoms with Crippen LogP contribution in [-0.4, -0.2) is 17.7 Å². The fourth-order valence-electron chi connectivity index (χ4n) is 1.21. The van der Waals surface area contributed by atoms with Gasteiger partial charge in [0.05, 0.1) is 16.6 Å². The predicted octanol–water partition coefficient (Wildman–Crippen LogP) is 3.96. The third kappa shape index (κ3) is 4.77. The van der Waals surface area contributed by atoms with E-state index in [0.717, 1.165) is 10.9 Å². The van der Waals surface area contributed by atoms with Crippen LogP contribution in [0.25, 0.3) is 0 Å². The molecule has 3 nitrogen and oxygen atoms in total. The van der Waals surface area contributed by atoms with Crippen molar-refractivity contribution in [1.29, 1.82) is 0 Å². The number of aromatic carboxylic acids is 1. The lowest BCUT2D eigenvalue weighted by Crippen LogP contribution is -2.11. The quantitative estimate of drug-likeness (QED) is 0.915. The van der Waals surface area contributed by atoms with E-state index >= 15 is 0 Å². The number of carbonyl (C=O) groups is 1. The molecule has 4 heteroatoms. The Hall–Kier alpha value is -1.03. The summed E-state index contributed by atoms with van der Waals surface area (Å²) in [5.41, 5.74) is 0.440. The van der Waals surface area contributed by atoms with Crippen molar-refractivity contribution in [2.24, 2.45) is 5.41 Å². The van der Waals surface area contributed by atoms with Gasteiger partial charge in [-0.3, -0.25) is 0 Å². The zero-order valence-electron chi connectivity index (χ0n) is 10.3. The number of benzene rings is 1. The number of halogens is 1. The third-order valence-electron chi connectivity index (χ3n) is 2.29. The summed E-state index contributed by atoms with van der Waals surface area (Å²) in [6.07, 6.45) is 0.913. The summed E-state index contributed by atoms with van der Waals surface area (Å²) in [5.74, 6) is -0.368. The monoisotopic (exact) mass is 300 g/mol. The van der Waals surface area contributed by atoms with E-state index in [2.05, 4.69) is 36.7 Å². The van der Waals surface area contributed by atoms with Gasteiger partial charge in [-0.05, 0) is 46.0 Å². The van der Waals surface area contributed by atoms with E-state index in [1.54, 1.807) is 12.1 Å². The van der Waals surface area contributed by atoms with Crippen LogP contribution in [0.5, 0.6) is 5.75 Å². The fraction of sp³-hybridized carbons (Fsp3) is 0.462. The first-order valence-corrected chi connectivity index (χ1v) is 6.24. The van der Waals surface area contributed by atoms with Gasteiger partial charge in [-0.2, -0.15) is 0 Å². The predicted molar refractivity (Wildman–Crippen MR) is 70.7 cm³/mol. The maximum atomic E-state index is 10.8. The number of carboxylic acids is 1. The van der Waals surface area contributed by atoms with Crippen LogP contribution in [0.15, 0.2) is 22.7 Å². The summed E-state index contributed by atoms with van der Waals surface area (Å²) in [6.45, 7) is 6.99. The van der Waals surface area contributed by atoms with Gasteiger partial charge in [0.1, 0.15) is 5.75 Å². The number of hydrogen-bond acceptors (Lipinski definition) is 2. The first-order valence-electron chi connectivity index (χ1n) is 5.45. The Morgan fingerprint density at radius 2 is 2.06 bits per heavy atom. The molecule has 94 valence electrons. The average Bonchev–Trinajstić information content (AvgIpc) is 2.18. The van der Waals surface area contributed by atoms with Crippen molar-refractivity contribution in [3.63, 3.8) is 0 Å². The van der Waals surface area contributed by atoms with E-state index in [1.165, 1.54) is 6.07 Å². The highest BCUT2D eigenvalue weighted by atomic mass is 79.9. The molecule has 0 amide bonds. The minimum atomic E-state index is -0.946. The van der Waals surface area contributed by atoms with Crippen LogP contribution in [0, 0.1) is 5.41 Å². The Kier molecular flexibility index (Phi) is 4.57. The van der Waals surface area contributed by atoms with Crippen LogP contribution < -0.4 is 4.74 Å². The van der Waals surface area contributed by atoms with E-state index in [-0.39, 0.29) is 11.0 Å². The average molecular weight is 301 g/mol. The van der Waals surface area contributed by atoms with Gasteiger partial charge in [0.15, 0.2) is 0 Å². The molecule has 0 aromatic heterocycles. The normalized spacial score (nSPS) is 11.3. The molecule has 0 saturated heterocycles. The van der Waals surface area contributed by atoms with E-state index < -0.39 is 5.97 Å². The number of rotatable bonds is 4. The van der Waals surface area contributed by atoms with Gasteiger partial charge < -0.3 is 9.84 Å². The van der Waals surface area contributed by atoms with Crippen molar-refractivity contribution in [1.82, 2.24) is 0 Å². The highest BCUT2D eigenvalue weighted by Crippen LogP contribution is 2.27. The summed E-state index contributed by atoms with van der Waals surface area (Å²) in [5, 5.41) is 8.88. The molecule has 0 unspecified atom stereocenters. The number of carboxylic acid groups (broad SMARTS) is 1. The summed E-state index contributed by atoms with van der Waals surface area (Å²) in [6, 6.07) is 4.77. The van der Waals surface area contributed by atoms with Crippen LogP contribution in [0.4, 0.5) is 0 Å². The molecule has 0 saturated carbocycles. The summed E-state index contributed by atoms with van der Waals surface area (Å²) < 4.78 is 6.37. The van der Waals surface area contributed by atoms with Gasteiger partial charge in [-0.25, -0.2) is 4.79 Å². The largest absolute Gasteiger partial charge is 0.492 e. The smallest absolute Gasteiger partial charge is 0.335 e. The Bertz CT molecular complexity index is 408. The lowest BCUT2D eigenvalue weighted by molar-refractivity contribution is 0.0696. The second-order valence-electron chi connectivity index (χ2n) is 5.11. The molecule has 0 spiro atoms. The van der Waals surface area contributed by atoms with Gasteiger partial charge in [0.25, 0.3) is 0 Å². The molecule has 0 bridgehead atoms. The lowest BCUT2D eigenvalue weighted by Gasteiger charge is -2.18. The first-order chi connectivity index (χ1) is 7.79. The van der Waals surface area contributed by atoms with Crippen LogP contribution >= 0.6 is 15.9 Å². The molecular weight excluding hydrogens is 284 g/mol. The Morgan fingerprint density at radius 1 is 1.41 bits per heavy atom. The molecule has 0 fully saturated rings. The zero-order valence-corrected chi connectivity index (χ0v) is 11.9. The molecule has 0 atom stereocenters. The molecule has 17 heavy (non-hydrogen) atoms.